The molecule has 206 valence electrons. The van der Waals surface area contributed by atoms with Crippen molar-refractivity contribution in [3.05, 3.63) is 0 Å². The minimum absolute atomic E-state index is 0.109. The van der Waals surface area contributed by atoms with E-state index in [1.165, 1.54) is 84.5 Å². The topological polar surface area (TPSA) is 72.8 Å². The number of ether oxygens (including phenoxy) is 2. The molecule has 0 aliphatic heterocycles. The third-order valence-electron chi connectivity index (χ3n) is 11.4. The molecule has 9 atom stereocenters. The number of fused-ring (bicyclic) bond motifs is 5. The van der Waals surface area contributed by atoms with Crippen LogP contribution >= 0.6 is 0 Å². The van der Waals surface area contributed by atoms with E-state index in [0.29, 0.717) is 36.0 Å². The van der Waals surface area contributed by atoms with Gasteiger partial charge in [-0.25, -0.2) is 0 Å². The number of rotatable bonds is 9. The van der Waals surface area contributed by atoms with E-state index in [2.05, 4.69) is 20.8 Å². The molecule has 0 radical (unpaired) electrons. The summed E-state index contributed by atoms with van der Waals surface area (Å²) in [5.41, 5.74) is 0.225. The fraction of sp³-hybridized carbons (Fsp3) is 0.935. The van der Waals surface area contributed by atoms with Gasteiger partial charge in [0, 0.05) is 26.2 Å². The van der Waals surface area contributed by atoms with E-state index >= 15 is 0 Å². The van der Waals surface area contributed by atoms with Gasteiger partial charge in [0.2, 0.25) is 5.79 Å². The molecule has 5 nitrogen and oxygen atoms in total. The summed E-state index contributed by atoms with van der Waals surface area (Å²) in [6.45, 7) is 10.0. The smallest absolute Gasteiger partial charge is 0.305 e. The fourth-order valence-corrected chi connectivity index (χ4v) is 9.77. The van der Waals surface area contributed by atoms with Crippen LogP contribution in [0.3, 0.4) is 0 Å². The second kappa shape index (κ2) is 10.9. The molecule has 0 aromatic carbocycles. The Bertz CT molecular complexity index is 796. The zero-order valence-corrected chi connectivity index (χ0v) is 23.7. The van der Waals surface area contributed by atoms with Crippen molar-refractivity contribution in [2.24, 2.45) is 40.4 Å². The molecule has 0 heterocycles. The summed E-state index contributed by atoms with van der Waals surface area (Å²) in [6, 6.07) is 0. The first kappa shape index (κ1) is 27.9. The first-order valence-corrected chi connectivity index (χ1v) is 15.1. The van der Waals surface area contributed by atoms with Gasteiger partial charge in [-0.15, -0.1) is 0 Å². The van der Waals surface area contributed by atoms with E-state index in [1.807, 2.05) is 0 Å². The van der Waals surface area contributed by atoms with Crippen LogP contribution in [0.2, 0.25) is 0 Å². The van der Waals surface area contributed by atoms with Crippen molar-refractivity contribution < 1.29 is 24.2 Å². The van der Waals surface area contributed by atoms with Crippen molar-refractivity contribution in [2.75, 3.05) is 0 Å². The van der Waals surface area contributed by atoms with Crippen molar-refractivity contribution >= 4 is 11.9 Å². The second-order valence-corrected chi connectivity index (χ2v) is 13.5. The SMILES string of the molecule is CCCCCCCC[C@H]1CC[C@H]2[C@@H]3C[C@](O)(OC(C)=O)[C@H]4C[C@@H](OC(C)=O)CC[C@]4(C)[C@H]3CC[C@]12C. The van der Waals surface area contributed by atoms with Crippen molar-refractivity contribution in [3.8, 4) is 0 Å². The lowest BCUT2D eigenvalue weighted by Crippen LogP contribution is -2.64. The van der Waals surface area contributed by atoms with Crippen LogP contribution in [0, 0.1) is 40.4 Å². The lowest BCUT2D eigenvalue weighted by atomic mass is 9.43. The third kappa shape index (κ3) is 5.24. The molecule has 4 rings (SSSR count). The maximum Gasteiger partial charge on any atom is 0.305 e. The number of aliphatic hydroxyl groups is 1. The van der Waals surface area contributed by atoms with Gasteiger partial charge in [0.25, 0.3) is 0 Å². The lowest BCUT2D eigenvalue weighted by molar-refractivity contribution is -0.308. The highest BCUT2D eigenvalue weighted by Crippen LogP contribution is 2.69. The number of hydrogen-bond donors (Lipinski definition) is 1. The van der Waals surface area contributed by atoms with Crippen molar-refractivity contribution in [2.45, 2.75) is 143 Å². The van der Waals surface area contributed by atoms with E-state index in [9.17, 15) is 14.7 Å². The predicted molar refractivity (Wildman–Crippen MR) is 141 cm³/mol. The maximum atomic E-state index is 12.2. The first-order chi connectivity index (χ1) is 17.0. The molecule has 0 aromatic rings. The Morgan fingerprint density at radius 3 is 2.22 bits per heavy atom. The quantitative estimate of drug-likeness (QED) is 0.204. The van der Waals surface area contributed by atoms with Gasteiger partial charge in [-0.05, 0) is 85.9 Å². The van der Waals surface area contributed by atoms with Crippen molar-refractivity contribution in [3.63, 3.8) is 0 Å². The number of esters is 2. The molecule has 0 aromatic heterocycles. The van der Waals surface area contributed by atoms with E-state index in [-0.39, 0.29) is 23.4 Å². The molecule has 0 spiro atoms. The Balaban J connectivity index is 1.52. The minimum Gasteiger partial charge on any atom is -0.463 e. The van der Waals surface area contributed by atoms with Crippen LogP contribution in [0.15, 0.2) is 0 Å². The van der Waals surface area contributed by atoms with Crippen LogP contribution in [0.4, 0.5) is 0 Å². The monoisotopic (exact) mass is 504 g/mol. The van der Waals surface area contributed by atoms with Gasteiger partial charge < -0.3 is 14.6 Å². The average molecular weight is 505 g/mol. The molecule has 36 heavy (non-hydrogen) atoms. The molecule has 4 saturated carbocycles. The minimum atomic E-state index is -1.48. The van der Waals surface area contributed by atoms with Gasteiger partial charge in [0.15, 0.2) is 0 Å². The molecule has 0 unspecified atom stereocenters. The van der Waals surface area contributed by atoms with Crippen LogP contribution in [-0.4, -0.2) is 28.9 Å². The molecular formula is C31H52O5. The Labute approximate surface area is 219 Å². The normalized spacial score (nSPS) is 43.7. The van der Waals surface area contributed by atoms with E-state index in [4.69, 9.17) is 9.47 Å². The second-order valence-electron chi connectivity index (χ2n) is 13.5. The summed E-state index contributed by atoms with van der Waals surface area (Å²) in [4.78, 5) is 23.9. The van der Waals surface area contributed by atoms with Gasteiger partial charge >= 0.3 is 11.9 Å². The van der Waals surface area contributed by atoms with Crippen LogP contribution in [0.5, 0.6) is 0 Å². The van der Waals surface area contributed by atoms with Gasteiger partial charge in [-0.3, -0.25) is 9.59 Å². The summed E-state index contributed by atoms with van der Waals surface area (Å²) in [6.07, 6.45) is 17.1. The molecule has 0 saturated heterocycles. The Kier molecular flexibility index (Phi) is 8.49. The van der Waals surface area contributed by atoms with Crippen LogP contribution in [-0.2, 0) is 19.1 Å². The molecular weight excluding hydrogens is 452 g/mol. The Hall–Kier alpha value is -1.10. The molecule has 4 aliphatic carbocycles. The molecule has 5 heteroatoms. The summed E-state index contributed by atoms with van der Waals surface area (Å²) < 4.78 is 11.4. The Morgan fingerprint density at radius 1 is 0.861 bits per heavy atom. The highest BCUT2D eigenvalue weighted by atomic mass is 16.7. The number of carbonyl (C=O) groups excluding carboxylic acids is 2. The third-order valence-corrected chi connectivity index (χ3v) is 11.4. The summed E-state index contributed by atoms with van der Waals surface area (Å²) in [7, 11) is 0. The van der Waals surface area contributed by atoms with Crippen molar-refractivity contribution in [1.82, 2.24) is 0 Å². The van der Waals surface area contributed by atoms with E-state index in [0.717, 1.165) is 18.8 Å². The standard InChI is InChI=1S/C31H52O5/c1-6-7-8-9-10-11-12-23-13-14-26-25-20-31(34,36-22(3)33)28-19-24(35-21(2)32)15-17-30(28,5)27(25)16-18-29(23,26)4/h23-28,34H,6-20H2,1-5H3/t23-,24-,25-,26-,27-,28-,29+,30+,31-/m0/s1. The maximum absolute atomic E-state index is 12.2. The zero-order valence-electron chi connectivity index (χ0n) is 23.7. The summed E-state index contributed by atoms with van der Waals surface area (Å²) in [5.74, 6) is -0.0810. The fourth-order valence-electron chi connectivity index (χ4n) is 9.77. The first-order valence-electron chi connectivity index (χ1n) is 15.1. The molecule has 0 bridgehead atoms. The van der Waals surface area contributed by atoms with Gasteiger partial charge in [-0.1, -0.05) is 59.3 Å². The molecule has 4 aliphatic rings. The van der Waals surface area contributed by atoms with Gasteiger partial charge in [0.05, 0.1) is 0 Å². The van der Waals surface area contributed by atoms with Gasteiger partial charge in [-0.2, -0.15) is 0 Å². The predicted octanol–water partition coefficient (Wildman–Crippen LogP) is 7.19. The molecule has 0 amide bonds. The average Bonchev–Trinajstić information content (AvgIpc) is 3.13. The highest BCUT2D eigenvalue weighted by molar-refractivity contribution is 5.66. The highest BCUT2D eigenvalue weighted by Gasteiger charge is 2.67. The van der Waals surface area contributed by atoms with Crippen LogP contribution in [0.1, 0.15) is 131 Å². The lowest BCUT2D eigenvalue weighted by Gasteiger charge is -2.64. The van der Waals surface area contributed by atoms with E-state index < -0.39 is 11.8 Å². The number of hydrogen-bond acceptors (Lipinski definition) is 5. The number of unbranched alkanes of at least 4 members (excludes halogenated alkanes) is 5. The van der Waals surface area contributed by atoms with Gasteiger partial charge in [0.1, 0.15) is 6.10 Å². The molecule has 1 N–H and O–H groups in total. The molecule has 4 fully saturated rings. The summed E-state index contributed by atoms with van der Waals surface area (Å²) >= 11 is 0. The van der Waals surface area contributed by atoms with E-state index in [1.54, 1.807) is 0 Å². The Morgan fingerprint density at radius 2 is 1.53 bits per heavy atom. The largest absolute Gasteiger partial charge is 0.463 e. The zero-order chi connectivity index (χ0) is 26.1. The van der Waals surface area contributed by atoms with Crippen LogP contribution < -0.4 is 0 Å². The summed E-state index contributed by atoms with van der Waals surface area (Å²) in [5, 5.41) is 12.0. The number of carbonyl (C=O) groups is 2. The van der Waals surface area contributed by atoms with Crippen molar-refractivity contribution in [1.29, 1.82) is 0 Å². The van der Waals surface area contributed by atoms with Crippen LogP contribution in [0.25, 0.3) is 0 Å².